The standard InChI is InChI=1S/C20H35F3N4O7/c21-13-20(14-22,15-23)16(28)9-24-1-3-25(10-17(29)30)5-7-27(12-19(33)34)8-6-26(4-2-24)11-18(31)32/h16,28H,1-15H2,(H,29,30)(H,31,32)(H,33,34). The molecule has 1 fully saturated rings. The Morgan fingerprint density at radius 3 is 1.12 bits per heavy atom. The van der Waals surface area contributed by atoms with E-state index in [2.05, 4.69) is 0 Å². The second-order valence-electron chi connectivity index (χ2n) is 8.59. The molecule has 1 aliphatic rings. The fourth-order valence-corrected chi connectivity index (χ4v) is 3.62. The number of carboxylic acid groups (broad SMARTS) is 3. The van der Waals surface area contributed by atoms with Crippen molar-refractivity contribution in [3.05, 3.63) is 0 Å². The van der Waals surface area contributed by atoms with Crippen LogP contribution >= 0.6 is 0 Å². The lowest BCUT2D eigenvalue weighted by Gasteiger charge is -2.36. The molecule has 0 amide bonds. The first-order valence-corrected chi connectivity index (χ1v) is 11.0. The number of hydrogen-bond acceptors (Lipinski definition) is 8. The molecular formula is C20H35F3N4O7. The van der Waals surface area contributed by atoms with E-state index in [1.54, 1.807) is 19.6 Å². The Bertz CT molecular complexity index is 617. The van der Waals surface area contributed by atoms with Gasteiger partial charge in [-0.15, -0.1) is 0 Å². The minimum absolute atomic E-state index is 0.158. The van der Waals surface area contributed by atoms with Crippen LogP contribution in [-0.2, 0) is 14.4 Å². The summed E-state index contributed by atoms with van der Waals surface area (Å²) in [6.07, 6.45) is -1.67. The van der Waals surface area contributed by atoms with Crippen LogP contribution in [0, 0.1) is 5.41 Å². The predicted molar refractivity (Wildman–Crippen MR) is 115 cm³/mol. The highest BCUT2D eigenvalue weighted by molar-refractivity contribution is 5.69. The number of hydrogen-bond donors (Lipinski definition) is 4. The molecule has 14 heteroatoms. The van der Waals surface area contributed by atoms with Gasteiger partial charge in [-0.05, 0) is 0 Å². The van der Waals surface area contributed by atoms with Gasteiger partial charge in [0.15, 0.2) is 0 Å². The number of carbonyl (C=O) groups is 3. The molecule has 4 N–H and O–H groups in total. The first-order chi connectivity index (χ1) is 16.0. The van der Waals surface area contributed by atoms with Crippen molar-refractivity contribution in [2.75, 3.05) is 98.6 Å². The zero-order valence-electron chi connectivity index (χ0n) is 19.1. The van der Waals surface area contributed by atoms with Gasteiger partial charge in [0, 0.05) is 58.9 Å². The number of aliphatic hydroxyl groups excluding tert-OH is 1. The maximum atomic E-state index is 13.4. The lowest BCUT2D eigenvalue weighted by molar-refractivity contribution is -0.140. The van der Waals surface area contributed by atoms with E-state index >= 15 is 0 Å². The van der Waals surface area contributed by atoms with E-state index in [0.29, 0.717) is 0 Å². The molecule has 34 heavy (non-hydrogen) atoms. The molecule has 1 unspecified atom stereocenters. The van der Waals surface area contributed by atoms with Crippen LogP contribution in [0.25, 0.3) is 0 Å². The van der Waals surface area contributed by atoms with Gasteiger partial charge in [0.2, 0.25) is 0 Å². The van der Waals surface area contributed by atoms with E-state index in [4.69, 9.17) is 5.11 Å². The van der Waals surface area contributed by atoms with Crippen LogP contribution in [0.3, 0.4) is 0 Å². The fourth-order valence-electron chi connectivity index (χ4n) is 3.62. The van der Waals surface area contributed by atoms with Gasteiger partial charge in [0.1, 0.15) is 20.0 Å². The molecule has 0 aliphatic carbocycles. The molecule has 0 radical (unpaired) electrons. The highest BCUT2D eigenvalue weighted by Gasteiger charge is 2.40. The largest absolute Gasteiger partial charge is 0.480 e. The number of aliphatic carboxylic acids is 3. The lowest BCUT2D eigenvalue weighted by atomic mass is 9.85. The van der Waals surface area contributed by atoms with Crippen LogP contribution in [0.15, 0.2) is 0 Å². The van der Waals surface area contributed by atoms with E-state index in [0.717, 1.165) is 0 Å². The highest BCUT2D eigenvalue weighted by atomic mass is 19.1. The van der Waals surface area contributed by atoms with E-state index in [-0.39, 0.29) is 78.5 Å². The maximum Gasteiger partial charge on any atom is 0.317 e. The molecule has 0 aromatic carbocycles. The van der Waals surface area contributed by atoms with Crippen LogP contribution in [0.5, 0.6) is 0 Å². The van der Waals surface area contributed by atoms with Gasteiger partial charge in [-0.1, -0.05) is 0 Å². The summed E-state index contributed by atoms with van der Waals surface area (Å²) in [4.78, 5) is 40.1. The van der Waals surface area contributed by atoms with Gasteiger partial charge >= 0.3 is 17.9 Å². The van der Waals surface area contributed by atoms with E-state index in [9.17, 15) is 42.9 Å². The smallest absolute Gasteiger partial charge is 0.317 e. The molecule has 0 bridgehead atoms. The van der Waals surface area contributed by atoms with Crippen molar-refractivity contribution in [2.24, 2.45) is 5.41 Å². The van der Waals surface area contributed by atoms with Crippen molar-refractivity contribution in [2.45, 2.75) is 6.10 Å². The molecule has 1 heterocycles. The van der Waals surface area contributed by atoms with Gasteiger partial charge in [-0.3, -0.25) is 47.2 Å². The Morgan fingerprint density at radius 1 is 0.618 bits per heavy atom. The second-order valence-corrected chi connectivity index (χ2v) is 8.59. The molecule has 0 aromatic rings. The summed E-state index contributed by atoms with van der Waals surface area (Å²) in [5.41, 5.74) is -2.19. The molecule has 1 saturated heterocycles. The fraction of sp³-hybridized carbons (Fsp3) is 0.850. The average Bonchev–Trinajstić information content (AvgIpc) is 2.76. The Kier molecular flexibility index (Phi) is 13.3. The van der Waals surface area contributed by atoms with Crippen LogP contribution in [-0.4, -0.2) is 163 Å². The summed E-state index contributed by atoms with van der Waals surface area (Å²) in [7, 11) is 0. The number of rotatable bonds is 12. The minimum atomic E-state index is -2.19. The summed E-state index contributed by atoms with van der Waals surface area (Å²) in [5.74, 6) is -3.26. The first-order valence-electron chi connectivity index (χ1n) is 11.0. The van der Waals surface area contributed by atoms with Crippen LogP contribution < -0.4 is 0 Å². The number of halogens is 3. The van der Waals surface area contributed by atoms with Crippen molar-refractivity contribution >= 4 is 17.9 Å². The maximum absolute atomic E-state index is 13.4. The first kappa shape index (κ1) is 30.0. The van der Waals surface area contributed by atoms with Gasteiger partial charge in [0.05, 0.1) is 31.2 Å². The Labute approximate surface area is 196 Å². The molecule has 0 aromatic heterocycles. The number of carboxylic acids is 3. The van der Waals surface area contributed by atoms with E-state index in [1.807, 2.05) is 0 Å². The number of aliphatic hydroxyl groups is 1. The Hall–Kier alpha value is -2.00. The van der Waals surface area contributed by atoms with Gasteiger partial charge in [0.25, 0.3) is 0 Å². The summed E-state index contributed by atoms with van der Waals surface area (Å²) >= 11 is 0. The lowest BCUT2D eigenvalue weighted by Crippen LogP contribution is -2.52. The van der Waals surface area contributed by atoms with Crippen molar-refractivity contribution in [1.29, 1.82) is 0 Å². The molecule has 1 atom stereocenters. The molecule has 0 spiro atoms. The number of nitrogens with zero attached hydrogens (tertiary/aromatic N) is 4. The van der Waals surface area contributed by atoms with Gasteiger partial charge in [-0.25, -0.2) is 0 Å². The quantitative estimate of drug-likeness (QED) is 0.254. The third-order valence-corrected chi connectivity index (χ3v) is 5.94. The van der Waals surface area contributed by atoms with Crippen molar-refractivity contribution in [3.8, 4) is 0 Å². The summed E-state index contributed by atoms with van der Waals surface area (Å²) < 4.78 is 40.1. The van der Waals surface area contributed by atoms with Crippen LogP contribution in [0.2, 0.25) is 0 Å². The molecule has 11 nitrogen and oxygen atoms in total. The zero-order valence-corrected chi connectivity index (χ0v) is 19.1. The molecule has 198 valence electrons. The normalized spacial score (nSPS) is 19.8. The van der Waals surface area contributed by atoms with Gasteiger partial charge < -0.3 is 20.4 Å². The summed E-state index contributed by atoms with van der Waals surface area (Å²) in [5, 5.41) is 38.0. The third kappa shape index (κ3) is 10.5. The number of alkyl halides is 3. The average molecular weight is 501 g/mol. The topological polar surface area (TPSA) is 145 Å². The van der Waals surface area contributed by atoms with E-state index in [1.165, 1.54) is 0 Å². The second kappa shape index (κ2) is 15.1. The predicted octanol–water partition coefficient (Wildman–Crippen LogP) is -1.28. The van der Waals surface area contributed by atoms with Crippen molar-refractivity contribution in [1.82, 2.24) is 19.6 Å². The third-order valence-electron chi connectivity index (χ3n) is 5.94. The molecule has 0 saturated carbocycles. The number of β-amino-alcohol motifs (C(OH)–C–C–N with tert-alkyl or cyclic N) is 1. The van der Waals surface area contributed by atoms with Gasteiger partial charge in [-0.2, -0.15) is 0 Å². The molecule has 1 rings (SSSR count). The van der Waals surface area contributed by atoms with Crippen molar-refractivity contribution in [3.63, 3.8) is 0 Å². The Morgan fingerprint density at radius 2 is 0.882 bits per heavy atom. The Balaban J connectivity index is 3.06. The van der Waals surface area contributed by atoms with Crippen molar-refractivity contribution < 1.29 is 48.0 Å². The van der Waals surface area contributed by atoms with Crippen LogP contribution in [0.1, 0.15) is 0 Å². The monoisotopic (exact) mass is 500 g/mol. The summed E-state index contributed by atoms with van der Waals surface area (Å²) in [6.45, 7) is -3.91. The van der Waals surface area contributed by atoms with E-state index < -0.39 is 49.5 Å². The summed E-state index contributed by atoms with van der Waals surface area (Å²) in [6, 6.07) is 0. The zero-order chi connectivity index (χ0) is 25.7. The van der Waals surface area contributed by atoms with Crippen LogP contribution in [0.4, 0.5) is 13.2 Å². The SMILES string of the molecule is O=C(O)CN1CCN(CC(=O)O)CCN(CC(O)C(CF)(CF)CF)CCN(CC(=O)O)CC1. The molecule has 1 aliphatic heterocycles. The minimum Gasteiger partial charge on any atom is -0.480 e. The molecular weight excluding hydrogens is 465 g/mol. The highest BCUT2D eigenvalue weighted by Crippen LogP contribution is 2.25.